The van der Waals surface area contributed by atoms with E-state index in [1.807, 2.05) is 48.7 Å². The zero-order valence-electron chi connectivity index (χ0n) is 17.1. The van der Waals surface area contributed by atoms with E-state index in [1.165, 1.54) is 0 Å². The van der Waals surface area contributed by atoms with Crippen LogP contribution >= 0.6 is 0 Å². The number of hydrogen-bond donors (Lipinski definition) is 1. The number of fused-ring (bicyclic) bond motifs is 1. The Hall–Kier alpha value is -3.59. The average Bonchev–Trinajstić information content (AvgIpc) is 2.85. The SMILES string of the molecule is FC(F)(F)C1CN(c2ccnc(-c3ccncc3)c2)CCN1.c1ccc2ncncc2c1. The molecule has 0 saturated carbocycles. The number of rotatable bonds is 2. The molecule has 3 aromatic heterocycles. The van der Waals surface area contributed by atoms with Crippen LogP contribution in [-0.4, -0.2) is 51.8 Å². The predicted molar refractivity (Wildman–Crippen MR) is 117 cm³/mol. The van der Waals surface area contributed by atoms with Crippen molar-refractivity contribution in [1.29, 1.82) is 0 Å². The third-order valence-electron chi connectivity index (χ3n) is 5.07. The molecule has 1 aliphatic rings. The fraction of sp³-hybridized carbons (Fsp3) is 0.217. The van der Waals surface area contributed by atoms with Gasteiger partial charge in [-0.3, -0.25) is 9.97 Å². The number of pyridine rings is 2. The lowest BCUT2D eigenvalue weighted by molar-refractivity contribution is -0.155. The first-order valence-electron chi connectivity index (χ1n) is 10.1. The Labute approximate surface area is 183 Å². The van der Waals surface area contributed by atoms with E-state index in [0.717, 1.165) is 27.8 Å². The van der Waals surface area contributed by atoms with Gasteiger partial charge in [0.15, 0.2) is 0 Å². The number of alkyl halides is 3. The summed E-state index contributed by atoms with van der Waals surface area (Å²) in [7, 11) is 0. The Morgan fingerprint density at radius 2 is 1.75 bits per heavy atom. The molecule has 1 fully saturated rings. The third-order valence-corrected chi connectivity index (χ3v) is 5.07. The Bertz CT molecular complexity index is 1090. The first kappa shape index (κ1) is 21.6. The van der Waals surface area contributed by atoms with Gasteiger partial charge < -0.3 is 10.2 Å². The minimum atomic E-state index is -4.24. The van der Waals surface area contributed by atoms with Crippen LogP contribution in [0.3, 0.4) is 0 Å². The highest BCUT2D eigenvalue weighted by Crippen LogP contribution is 2.27. The van der Waals surface area contributed by atoms with E-state index in [1.54, 1.807) is 35.9 Å². The van der Waals surface area contributed by atoms with Crippen LogP contribution in [0.5, 0.6) is 0 Å². The van der Waals surface area contributed by atoms with Gasteiger partial charge >= 0.3 is 6.18 Å². The van der Waals surface area contributed by atoms with Gasteiger partial charge in [-0.05, 0) is 30.3 Å². The molecule has 1 unspecified atom stereocenters. The van der Waals surface area contributed by atoms with Gasteiger partial charge in [0.2, 0.25) is 0 Å². The highest BCUT2D eigenvalue weighted by molar-refractivity contribution is 5.76. The second kappa shape index (κ2) is 9.69. The summed E-state index contributed by atoms with van der Waals surface area (Å²) < 4.78 is 38.6. The van der Waals surface area contributed by atoms with Crippen molar-refractivity contribution >= 4 is 16.6 Å². The number of para-hydroxylation sites is 1. The molecule has 0 amide bonds. The summed E-state index contributed by atoms with van der Waals surface area (Å²) in [5.41, 5.74) is 3.36. The van der Waals surface area contributed by atoms with Crippen molar-refractivity contribution in [3.8, 4) is 11.3 Å². The van der Waals surface area contributed by atoms with Crippen molar-refractivity contribution in [3.63, 3.8) is 0 Å². The zero-order chi connectivity index (χ0) is 22.4. The first-order valence-corrected chi connectivity index (χ1v) is 10.1. The first-order chi connectivity index (χ1) is 15.5. The van der Waals surface area contributed by atoms with Gasteiger partial charge in [-0.1, -0.05) is 18.2 Å². The van der Waals surface area contributed by atoms with Crippen LogP contribution in [-0.2, 0) is 0 Å². The normalized spacial score (nSPS) is 16.3. The lowest BCUT2D eigenvalue weighted by Crippen LogP contribution is -2.57. The van der Waals surface area contributed by atoms with Crippen molar-refractivity contribution in [2.24, 2.45) is 0 Å². The molecule has 1 N–H and O–H groups in total. The number of hydrogen-bond acceptors (Lipinski definition) is 6. The number of benzene rings is 1. The van der Waals surface area contributed by atoms with Crippen LogP contribution < -0.4 is 10.2 Å². The molecular formula is C23H21F3N6. The van der Waals surface area contributed by atoms with Gasteiger partial charge in [-0.2, -0.15) is 13.2 Å². The molecule has 4 aromatic rings. The molecule has 4 heterocycles. The lowest BCUT2D eigenvalue weighted by Gasteiger charge is -2.36. The summed E-state index contributed by atoms with van der Waals surface area (Å²) in [6, 6.07) is 13.6. The second-order valence-corrected chi connectivity index (χ2v) is 7.21. The van der Waals surface area contributed by atoms with Gasteiger partial charge in [0.1, 0.15) is 12.4 Å². The molecule has 0 aliphatic carbocycles. The molecule has 164 valence electrons. The number of aromatic nitrogens is 4. The molecule has 1 aromatic carbocycles. The molecule has 5 rings (SSSR count). The fourth-order valence-corrected chi connectivity index (χ4v) is 3.42. The number of piperazine rings is 1. The molecule has 6 nitrogen and oxygen atoms in total. The lowest BCUT2D eigenvalue weighted by atomic mass is 10.1. The van der Waals surface area contributed by atoms with E-state index in [0.29, 0.717) is 13.1 Å². The molecule has 1 aliphatic heterocycles. The molecule has 0 bridgehead atoms. The summed E-state index contributed by atoms with van der Waals surface area (Å²) in [4.78, 5) is 17.9. The Morgan fingerprint density at radius 3 is 2.53 bits per heavy atom. The number of nitrogens with zero attached hydrogens (tertiary/aromatic N) is 5. The van der Waals surface area contributed by atoms with Crippen molar-refractivity contribution in [3.05, 3.63) is 79.6 Å². The van der Waals surface area contributed by atoms with Crippen LogP contribution in [0.4, 0.5) is 18.9 Å². The Morgan fingerprint density at radius 1 is 0.938 bits per heavy atom. The molecule has 0 radical (unpaired) electrons. The summed E-state index contributed by atoms with van der Waals surface area (Å²) in [5.74, 6) is 0. The largest absolute Gasteiger partial charge is 0.405 e. The van der Waals surface area contributed by atoms with E-state index >= 15 is 0 Å². The fourth-order valence-electron chi connectivity index (χ4n) is 3.42. The maximum atomic E-state index is 12.9. The highest BCUT2D eigenvalue weighted by atomic mass is 19.4. The summed E-state index contributed by atoms with van der Waals surface area (Å²) in [6.45, 7) is 0.743. The monoisotopic (exact) mass is 438 g/mol. The van der Waals surface area contributed by atoms with Crippen LogP contribution in [0, 0.1) is 0 Å². The van der Waals surface area contributed by atoms with Crippen LogP contribution in [0.1, 0.15) is 0 Å². The summed E-state index contributed by atoms with van der Waals surface area (Å²) >= 11 is 0. The predicted octanol–water partition coefficient (Wildman–Crippen LogP) is 4.11. The molecule has 1 atom stereocenters. The standard InChI is InChI=1S/C15H15F3N4.C8H6N2/c16-15(17,18)14-10-22(8-7-21-14)12-3-6-20-13(9-12)11-1-4-19-5-2-11;1-2-4-8-7(3-1)5-9-6-10-8/h1-6,9,14,21H,7-8,10H2;1-6H. The third kappa shape index (κ3) is 5.36. The van der Waals surface area contributed by atoms with Gasteiger partial charge in [-0.15, -0.1) is 0 Å². The number of anilines is 1. The van der Waals surface area contributed by atoms with Crippen LogP contribution in [0.15, 0.2) is 79.6 Å². The topological polar surface area (TPSA) is 66.8 Å². The van der Waals surface area contributed by atoms with Gasteiger partial charge in [-0.25, -0.2) is 9.97 Å². The Kier molecular flexibility index (Phi) is 6.55. The number of halogens is 3. The molecule has 9 heteroatoms. The van der Waals surface area contributed by atoms with Crippen molar-refractivity contribution in [1.82, 2.24) is 25.3 Å². The van der Waals surface area contributed by atoms with Gasteiger partial charge in [0, 0.05) is 61.1 Å². The minimum Gasteiger partial charge on any atom is -0.368 e. The summed E-state index contributed by atoms with van der Waals surface area (Å²) in [6.07, 6.45) is 4.07. The second-order valence-electron chi connectivity index (χ2n) is 7.21. The Balaban J connectivity index is 0.000000203. The van der Waals surface area contributed by atoms with E-state index in [9.17, 15) is 13.2 Å². The van der Waals surface area contributed by atoms with Crippen molar-refractivity contribution in [2.75, 3.05) is 24.5 Å². The molecule has 1 saturated heterocycles. The number of nitrogens with one attached hydrogen (secondary N) is 1. The highest BCUT2D eigenvalue weighted by Gasteiger charge is 2.42. The zero-order valence-corrected chi connectivity index (χ0v) is 17.1. The van der Waals surface area contributed by atoms with Gasteiger partial charge in [0.05, 0.1) is 11.2 Å². The van der Waals surface area contributed by atoms with Crippen LogP contribution in [0.25, 0.3) is 22.2 Å². The van der Waals surface area contributed by atoms with Crippen LogP contribution in [0.2, 0.25) is 0 Å². The smallest absolute Gasteiger partial charge is 0.368 e. The van der Waals surface area contributed by atoms with Gasteiger partial charge in [0.25, 0.3) is 0 Å². The summed E-state index contributed by atoms with van der Waals surface area (Å²) in [5, 5.41) is 3.60. The maximum absolute atomic E-state index is 12.9. The maximum Gasteiger partial charge on any atom is 0.405 e. The molecule has 0 spiro atoms. The molecular weight excluding hydrogens is 417 g/mol. The van der Waals surface area contributed by atoms with Crippen molar-refractivity contribution in [2.45, 2.75) is 12.2 Å². The molecule has 32 heavy (non-hydrogen) atoms. The van der Waals surface area contributed by atoms with E-state index in [4.69, 9.17) is 0 Å². The van der Waals surface area contributed by atoms with Crippen molar-refractivity contribution < 1.29 is 13.2 Å². The van der Waals surface area contributed by atoms with E-state index in [2.05, 4.69) is 25.3 Å². The quantitative estimate of drug-likeness (QED) is 0.508. The van der Waals surface area contributed by atoms with E-state index < -0.39 is 12.2 Å². The minimum absolute atomic E-state index is 0.0939. The van der Waals surface area contributed by atoms with E-state index in [-0.39, 0.29) is 6.54 Å². The average molecular weight is 438 g/mol.